The minimum absolute atomic E-state index is 0.233. The summed E-state index contributed by atoms with van der Waals surface area (Å²) in [7, 11) is 3.78. The van der Waals surface area contributed by atoms with Gasteiger partial charge in [0.25, 0.3) is 0 Å². The second kappa shape index (κ2) is 11.3. The zero-order valence-electron chi connectivity index (χ0n) is 20.5. The number of hydrogen-bond donors (Lipinski definition) is 1. The van der Waals surface area contributed by atoms with Gasteiger partial charge in [-0.05, 0) is 65.3 Å². The molecule has 0 spiro atoms. The minimum Gasteiger partial charge on any atom is -0.444 e. The Kier molecular flexibility index (Phi) is 8.92. The summed E-state index contributed by atoms with van der Waals surface area (Å²) in [6.07, 6.45) is 5.26. The molecule has 1 aromatic rings. The summed E-state index contributed by atoms with van der Waals surface area (Å²) >= 11 is 12.6. The van der Waals surface area contributed by atoms with E-state index in [1.165, 1.54) is 6.42 Å². The topological polar surface area (TPSA) is 73.8 Å². The van der Waals surface area contributed by atoms with E-state index < -0.39 is 5.60 Å². The first-order chi connectivity index (χ1) is 15.5. The van der Waals surface area contributed by atoms with Gasteiger partial charge in [0, 0.05) is 46.3 Å². The third kappa shape index (κ3) is 7.76. The summed E-state index contributed by atoms with van der Waals surface area (Å²) in [5.41, 5.74) is -0.453. The molecule has 2 heterocycles. The fraction of sp³-hybridized carbons (Fsp3) is 0.783. The molecular weight excluding hydrogens is 463 g/mol. The third-order valence-electron chi connectivity index (χ3n) is 6.27. The lowest BCUT2D eigenvalue weighted by Gasteiger charge is -2.37. The fourth-order valence-electron chi connectivity index (χ4n) is 4.43. The van der Waals surface area contributed by atoms with Crippen LogP contribution in [0.1, 0.15) is 52.9 Å². The first kappa shape index (κ1) is 26.1. The first-order valence-electron chi connectivity index (χ1n) is 11.9. The van der Waals surface area contributed by atoms with Crippen molar-refractivity contribution in [2.45, 2.75) is 64.5 Å². The molecule has 33 heavy (non-hydrogen) atoms. The zero-order valence-corrected chi connectivity index (χ0v) is 22.0. The lowest BCUT2D eigenvalue weighted by molar-refractivity contribution is 0.0486. The predicted octanol–water partition coefficient (Wildman–Crippen LogP) is 4.45. The molecule has 0 bridgehead atoms. The summed E-state index contributed by atoms with van der Waals surface area (Å²) < 4.78 is 5.38. The minimum atomic E-state index is -0.453. The highest BCUT2D eigenvalue weighted by Gasteiger charge is 2.27. The van der Waals surface area contributed by atoms with Crippen LogP contribution in [0.25, 0.3) is 0 Å². The van der Waals surface area contributed by atoms with Crippen molar-refractivity contribution in [3.8, 4) is 0 Å². The molecule has 3 rings (SSSR count). The van der Waals surface area contributed by atoms with E-state index in [1.807, 2.05) is 39.8 Å². The third-order valence-corrected chi connectivity index (χ3v) is 6.99. The van der Waals surface area contributed by atoms with E-state index in [1.54, 1.807) is 0 Å². The summed E-state index contributed by atoms with van der Waals surface area (Å²) in [5.74, 6) is 2.01. The largest absolute Gasteiger partial charge is 0.444 e. The highest BCUT2D eigenvalue weighted by atomic mass is 35.5. The number of anilines is 2. The monoisotopic (exact) mass is 500 g/mol. The Bertz CT molecular complexity index is 801. The molecule has 1 aliphatic carbocycles. The molecule has 1 aromatic heterocycles. The predicted molar refractivity (Wildman–Crippen MR) is 135 cm³/mol. The molecule has 1 N–H and O–H groups in total. The van der Waals surface area contributed by atoms with Crippen molar-refractivity contribution in [2.24, 2.45) is 5.92 Å². The number of amides is 1. The van der Waals surface area contributed by atoms with Gasteiger partial charge >= 0.3 is 6.09 Å². The number of nitrogens with one attached hydrogen (secondary N) is 1. The van der Waals surface area contributed by atoms with E-state index in [0.29, 0.717) is 16.1 Å². The summed E-state index contributed by atoms with van der Waals surface area (Å²) in [6, 6.07) is 0.233. The Hall–Kier alpha value is -1.51. The molecule has 0 radical (unpaired) electrons. The molecule has 1 aliphatic heterocycles. The van der Waals surface area contributed by atoms with Gasteiger partial charge in [-0.1, -0.05) is 23.2 Å². The van der Waals surface area contributed by atoms with Gasteiger partial charge in [-0.3, -0.25) is 4.90 Å². The van der Waals surface area contributed by atoms with E-state index >= 15 is 0 Å². The number of piperazine rings is 1. The van der Waals surface area contributed by atoms with Crippen molar-refractivity contribution >= 4 is 41.1 Å². The van der Waals surface area contributed by atoms with E-state index in [2.05, 4.69) is 25.1 Å². The van der Waals surface area contributed by atoms with Gasteiger partial charge in [0.1, 0.15) is 10.6 Å². The Balaban J connectivity index is 1.39. The van der Waals surface area contributed by atoms with Gasteiger partial charge in [-0.15, -0.1) is 0 Å². The molecule has 1 amide bonds. The fourth-order valence-corrected chi connectivity index (χ4v) is 4.79. The van der Waals surface area contributed by atoms with E-state index in [9.17, 15) is 4.79 Å². The molecule has 186 valence electrons. The van der Waals surface area contributed by atoms with Gasteiger partial charge in [-0.25, -0.2) is 4.79 Å². The maximum absolute atomic E-state index is 12.0. The van der Waals surface area contributed by atoms with Gasteiger partial charge in [0.05, 0.1) is 0 Å². The van der Waals surface area contributed by atoms with E-state index in [0.717, 1.165) is 70.1 Å². The quantitative estimate of drug-likeness (QED) is 0.578. The second-order valence-corrected chi connectivity index (χ2v) is 11.1. The van der Waals surface area contributed by atoms with Crippen LogP contribution < -0.4 is 15.1 Å². The molecule has 1 saturated heterocycles. The molecule has 0 unspecified atom stereocenters. The number of rotatable bonds is 6. The number of carbonyl (C=O) groups excluding carboxylic acids is 1. The average Bonchev–Trinajstić information content (AvgIpc) is 2.74. The highest BCUT2D eigenvalue weighted by molar-refractivity contribution is 6.42. The SMILES string of the molecule is CN(C)c1nc(Cl)c(Cl)c(N2CCN(CCC3CCC(NC(=O)OC(C)(C)C)CC3)CC2)n1. The van der Waals surface area contributed by atoms with Crippen molar-refractivity contribution in [3.63, 3.8) is 0 Å². The maximum atomic E-state index is 12.0. The van der Waals surface area contributed by atoms with Crippen molar-refractivity contribution < 1.29 is 9.53 Å². The Morgan fingerprint density at radius 2 is 1.73 bits per heavy atom. The number of aromatic nitrogens is 2. The second-order valence-electron chi connectivity index (χ2n) is 10.3. The number of hydrogen-bond acceptors (Lipinski definition) is 7. The van der Waals surface area contributed by atoms with Gasteiger partial charge in [0.2, 0.25) is 5.95 Å². The summed E-state index contributed by atoms with van der Waals surface area (Å²) in [6.45, 7) is 10.5. The highest BCUT2D eigenvalue weighted by Crippen LogP contribution is 2.32. The van der Waals surface area contributed by atoms with Crippen molar-refractivity contribution in [3.05, 3.63) is 10.2 Å². The number of nitrogens with zero attached hydrogens (tertiary/aromatic N) is 5. The number of ether oxygens (including phenoxy) is 1. The average molecular weight is 502 g/mol. The molecule has 2 fully saturated rings. The molecular formula is C23H38Cl2N6O2. The van der Waals surface area contributed by atoms with Crippen molar-refractivity contribution in [1.29, 1.82) is 0 Å². The standard InChI is InChI=1S/C23H38Cl2N6O2/c1-23(2,3)33-22(32)26-17-8-6-16(7-9-17)10-11-30-12-14-31(15-13-30)20-18(24)19(25)27-21(28-20)29(4)5/h16-17H,6-15H2,1-5H3,(H,26,32). The number of carbonyl (C=O) groups is 1. The molecule has 1 saturated carbocycles. The van der Waals surface area contributed by atoms with Crippen LogP contribution in [-0.2, 0) is 4.74 Å². The van der Waals surface area contributed by atoms with Crippen LogP contribution in [0.4, 0.5) is 16.6 Å². The normalized spacial score (nSPS) is 22.2. The molecule has 0 aromatic carbocycles. The summed E-state index contributed by atoms with van der Waals surface area (Å²) in [4.78, 5) is 27.4. The Morgan fingerprint density at radius 3 is 2.30 bits per heavy atom. The number of halogens is 2. The van der Waals surface area contributed by atoms with E-state index in [4.69, 9.17) is 27.9 Å². The lowest BCUT2D eigenvalue weighted by Crippen LogP contribution is -2.47. The Morgan fingerprint density at radius 1 is 1.09 bits per heavy atom. The van der Waals surface area contributed by atoms with Gasteiger partial charge in [-0.2, -0.15) is 9.97 Å². The molecule has 10 heteroatoms. The van der Waals surface area contributed by atoms with Gasteiger partial charge in [0.15, 0.2) is 11.0 Å². The molecule has 0 atom stereocenters. The molecule has 8 nitrogen and oxygen atoms in total. The van der Waals surface area contributed by atoms with Crippen LogP contribution in [0, 0.1) is 5.92 Å². The maximum Gasteiger partial charge on any atom is 0.407 e. The van der Waals surface area contributed by atoms with Crippen molar-refractivity contribution in [2.75, 3.05) is 56.6 Å². The first-order valence-corrected chi connectivity index (χ1v) is 12.6. The zero-order chi connectivity index (χ0) is 24.2. The van der Waals surface area contributed by atoms with Crippen LogP contribution in [-0.4, -0.2) is 79.4 Å². The van der Waals surface area contributed by atoms with Crippen LogP contribution in [0.5, 0.6) is 0 Å². The van der Waals surface area contributed by atoms with Crippen LogP contribution in [0.2, 0.25) is 10.2 Å². The van der Waals surface area contributed by atoms with Crippen molar-refractivity contribution in [1.82, 2.24) is 20.2 Å². The van der Waals surface area contributed by atoms with Crippen LogP contribution in [0.15, 0.2) is 0 Å². The Labute approximate surface area is 208 Å². The van der Waals surface area contributed by atoms with E-state index in [-0.39, 0.29) is 12.1 Å². The van der Waals surface area contributed by atoms with Gasteiger partial charge < -0.3 is 19.9 Å². The molecule has 2 aliphatic rings. The summed E-state index contributed by atoms with van der Waals surface area (Å²) in [5, 5.41) is 3.75. The lowest BCUT2D eigenvalue weighted by atomic mass is 9.84. The number of alkyl carbamates (subject to hydrolysis) is 1. The smallest absolute Gasteiger partial charge is 0.407 e. The van der Waals surface area contributed by atoms with Crippen LogP contribution >= 0.6 is 23.2 Å². The van der Waals surface area contributed by atoms with Crippen LogP contribution in [0.3, 0.4) is 0 Å².